The van der Waals surface area contributed by atoms with E-state index in [0.29, 0.717) is 29.2 Å². The Hall–Kier alpha value is -3.54. The molecule has 1 heterocycles. The molecule has 6 heteroatoms. The number of carbonyl (C=O) groups excluding carboxylic acids is 2. The number of carbonyl (C=O) groups is 2. The summed E-state index contributed by atoms with van der Waals surface area (Å²) in [6.45, 7) is 7.67. The van der Waals surface area contributed by atoms with Crippen LogP contribution in [0.1, 0.15) is 25.0 Å². The molecular weight excluding hydrogens is 368 g/mol. The van der Waals surface area contributed by atoms with E-state index < -0.39 is 11.8 Å². The molecule has 0 radical (unpaired) electrons. The molecule has 1 fully saturated rings. The molecule has 3 rings (SSSR count). The van der Waals surface area contributed by atoms with E-state index in [9.17, 15) is 9.59 Å². The summed E-state index contributed by atoms with van der Waals surface area (Å²) in [4.78, 5) is 25.2. The summed E-state index contributed by atoms with van der Waals surface area (Å²) < 4.78 is 11.4. The number of hydrazine groups is 1. The number of ether oxygens (including phenoxy) is 2. The molecule has 2 aromatic rings. The van der Waals surface area contributed by atoms with E-state index >= 15 is 0 Å². The zero-order chi connectivity index (χ0) is 21.0. The first kappa shape index (κ1) is 20.2. The van der Waals surface area contributed by atoms with Crippen LogP contribution in [-0.2, 0) is 16.0 Å². The van der Waals surface area contributed by atoms with Gasteiger partial charge in [-0.3, -0.25) is 15.0 Å². The van der Waals surface area contributed by atoms with E-state index in [1.165, 1.54) is 5.01 Å². The molecule has 0 aromatic heterocycles. The second-order valence-electron chi connectivity index (χ2n) is 6.85. The van der Waals surface area contributed by atoms with Crippen molar-refractivity contribution in [1.82, 2.24) is 5.43 Å². The molecule has 0 spiro atoms. The summed E-state index contributed by atoms with van der Waals surface area (Å²) in [6.07, 6.45) is 3.86. The number of allylic oxidation sites excluding steroid dienone is 1. The van der Waals surface area contributed by atoms with E-state index in [-0.39, 0.29) is 11.7 Å². The first-order valence-corrected chi connectivity index (χ1v) is 9.35. The monoisotopic (exact) mass is 392 g/mol. The number of hydrogen-bond acceptors (Lipinski definition) is 4. The van der Waals surface area contributed by atoms with Crippen molar-refractivity contribution in [3.63, 3.8) is 0 Å². The summed E-state index contributed by atoms with van der Waals surface area (Å²) in [7, 11) is 1.56. The number of rotatable bonds is 7. The molecule has 2 aromatic carbocycles. The summed E-state index contributed by atoms with van der Waals surface area (Å²) in [5.41, 5.74) is 4.79. The molecule has 1 aliphatic rings. The lowest BCUT2D eigenvalue weighted by Gasteiger charge is -2.18. The second-order valence-corrected chi connectivity index (χ2v) is 6.85. The first-order chi connectivity index (χ1) is 13.9. The van der Waals surface area contributed by atoms with Crippen LogP contribution in [0.2, 0.25) is 0 Å². The third-order valence-corrected chi connectivity index (χ3v) is 4.31. The van der Waals surface area contributed by atoms with Gasteiger partial charge in [-0.25, -0.2) is 5.01 Å². The molecule has 1 saturated heterocycles. The molecule has 6 nitrogen and oxygen atoms in total. The van der Waals surface area contributed by atoms with Gasteiger partial charge in [0.15, 0.2) is 11.5 Å². The molecule has 2 amide bonds. The highest BCUT2D eigenvalue weighted by atomic mass is 16.5. The minimum Gasteiger partial charge on any atom is -0.493 e. The molecule has 1 aliphatic heterocycles. The van der Waals surface area contributed by atoms with Crippen molar-refractivity contribution in [2.75, 3.05) is 12.1 Å². The molecule has 0 unspecified atom stereocenters. The Morgan fingerprint density at radius 2 is 1.90 bits per heavy atom. The van der Waals surface area contributed by atoms with Gasteiger partial charge in [0.25, 0.3) is 11.8 Å². The fraction of sp³-hybridized carbons (Fsp3) is 0.217. The number of anilines is 1. The fourth-order valence-electron chi connectivity index (χ4n) is 3.08. The van der Waals surface area contributed by atoms with Crippen LogP contribution in [0.3, 0.4) is 0 Å². The van der Waals surface area contributed by atoms with Crippen molar-refractivity contribution in [3.05, 3.63) is 71.8 Å². The number of methoxy groups -OCH3 is 1. The standard InChI is InChI=1S/C23H24N2O4/c1-5-9-17-12-16(14-20(28-4)21(17)29-15(2)3)13-19-22(26)24-25(23(19)27)18-10-7-6-8-11-18/h5-8,10-15H,1,9H2,2-4H3,(H,24,26). The van der Waals surface area contributed by atoms with E-state index in [0.717, 1.165) is 5.56 Å². The van der Waals surface area contributed by atoms with Gasteiger partial charge in [0.2, 0.25) is 0 Å². The Kier molecular flexibility index (Phi) is 6.02. The third kappa shape index (κ3) is 4.32. The van der Waals surface area contributed by atoms with Crippen molar-refractivity contribution in [2.24, 2.45) is 0 Å². The molecule has 0 bridgehead atoms. The molecule has 0 atom stereocenters. The van der Waals surface area contributed by atoms with Crippen LogP contribution in [0.15, 0.2) is 60.7 Å². The smallest absolute Gasteiger partial charge is 0.282 e. The Morgan fingerprint density at radius 3 is 2.52 bits per heavy atom. The average Bonchev–Trinajstić information content (AvgIpc) is 2.98. The van der Waals surface area contributed by atoms with Crippen molar-refractivity contribution >= 4 is 23.6 Å². The van der Waals surface area contributed by atoms with Gasteiger partial charge >= 0.3 is 0 Å². The van der Waals surface area contributed by atoms with E-state index in [2.05, 4.69) is 12.0 Å². The van der Waals surface area contributed by atoms with Gasteiger partial charge in [0.1, 0.15) is 5.57 Å². The van der Waals surface area contributed by atoms with Gasteiger partial charge in [-0.05, 0) is 56.2 Å². The molecule has 29 heavy (non-hydrogen) atoms. The van der Waals surface area contributed by atoms with Crippen LogP contribution in [0.25, 0.3) is 6.08 Å². The van der Waals surface area contributed by atoms with Gasteiger partial charge in [0.05, 0.1) is 18.9 Å². The predicted octanol–water partition coefficient (Wildman–Crippen LogP) is 3.67. The number of benzene rings is 2. The van der Waals surface area contributed by atoms with Crippen LogP contribution >= 0.6 is 0 Å². The highest BCUT2D eigenvalue weighted by Gasteiger charge is 2.34. The lowest BCUT2D eigenvalue weighted by atomic mass is 10.0. The molecular formula is C23H24N2O4. The number of nitrogens with one attached hydrogen (secondary N) is 1. The number of amides is 2. The minimum absolute atomic E-state index is 0.0294. The summed E-state index contributed by atoms with van der Waals surface area (Å²) in [5.74, 6) is 0.312. The van der Waals surface area contributed by atoms with Crippen LogP contribution < -0.4 is 19.9 Å². The Labute approximate surface area is 170 Å². The zero-order valence-corrected chi connectivity index (χ0v) is 16.8. The zero-order valence-electron chi connectivity index (χ0n) is 16.8. The van der Waals surface area contributed by atoms with Gasteiger partial charge in [-0.1, -0.05) is 24.3 Å². The minimum atomic E-state index is -0.453. The van der Waals surface area contributed by atoms with Gasteiger partial charge in [0, 0.05) is 5.56 Å². The molecule has 150 valence electrons. The Morgan fingerprint density at radius 1 is 1.17 bits per heavy atom. The normalized spacial score (nSPS) is 15.0. The van der Waals surface area contributed by atoms with Crippen molar-refractivity contribution < 1.29 is 19.1 Å². The van der Waals surface area contributed by atoms with Crippen molar-refractivity contribution in [2.45, 2.75) is 26.4 Å². The van der Waals surface area contributed by atoms with Gasteiger partial charge in [-0.15, -0.1) is 6.58 Å². The lowest BCUT2D eigenvalue weighted by molar-refractivity contribution is -0.117. The van der Waals surface area contributed by atoms with Gasteiger partial charge in [-0.2, -0.15) is 0 Å². The lowest BCUT2D eigenvalue weighted by Crippen LogP contribution is -2.35. The van der Waals surface area contributed by atoms with Crippen molar-refractivity contribution in [3.8, 4) is 11.5 Å². The first-order valence-electron chi connectivity index (χ1n) is 9.35. The maximum Gasteiger partial charge on any atom is 0.282 e. The number of para-hydroxylation sites is 1. The largest absolute Gasteiger partial charge is 0.493 e. The summed E-state index contributed by atoms with van der Waals surface area (Å²) in [5, 5.41) is 1.24. The van der Waals surface area contributed by atoms with Gasteiger partial charge < -0.3 is 9.47 Å². The number of hydrogen-bond donors (Lipinski definition) is 1. The molecule has 0 saturated carbocycles. The van der Waals surface area contributed by atoms with E-state index in [1.54, 1.807) is 49.6 Å². The van der Waals surface area contributed by atoms with Crippen molar-refractivity contribution in [1.29, 1.82) is 0 Å². The van der Waals surface area contributed by atoms with E-state index in [1.807, 2.05) is 26.0 Å². The van der Waals surface area contributed by atoms with Crippen LogP contribution in [-0.4, -0.2) is 25.0 Å². The highest BCUT2D eigenvalue weighted by Crippen LogP contribution is 2.35. The average molecular weight is 392 g/mol. The fourth-order valence-corrected chi connectivity index (χ4v) is 3.08. The maximum atomic E-state index is 12.8. The highest BCUT2D eigenvalue weighted by molar-refractivity contribution is 6.31. The Bertz CT molecular complexity index is 964. The van der Waals surface area contributed by atoms with E-state index in [4.69, 9.17) is 9.47 Å². The topological polar surface area (TPSA) is 67.9 Å². The third-order valence-electron chi connectivity index (χ3n) is 4.31. The van der Waals surface area contributed by atoms with Crippen LogP contribution in [0.4, 0.5) is 5.69 Å². The second kappa shape index (κ2) is 8.65. The quantitative estimate of drug-likeness (QED) is 0.443. The SMILES string of the molecule is C=CCc1cc(C=C2C(=O)NN(c3ccccc3)C2=O)cc(OC)c1OC(C)C. The number of nitrogens with zero attached hydrogens (tertiary/aromatic N) is 1. The summed E-state index contributed by atoms with van der Waals surface area (Å²) >= 11 is 0. The molecule has 0 aliphatic carbocycles. The Balaban J connectivity index is 2.01. The van der Waals surface area contributed by atoms with Crippen LogP contribution in [0, 0.1) is 0 Å². The molecule has 1 N–H and O–H groups in total. The maximum absolute atomic E-state index is 12.8. The van der Waals surface area contributed by atoms with Crippen LogP contribution in [0.5, 0.6) is 11.5 Å². The summed E-state index contributed by atoms with van der Waals surface area (Å²) in [6, 6.07) is 12.6. The predicted molar refractivity (Wildman–Crippen MR) is 113 cm³/mol.